The standard InChI is InChI=1S/C12H14FNO2/c1-8(2)6-11(15)12(16)14-10-5-3-4-9(13)7-10/h3-5,7-8H,6H2,1-2H3,(H,14,16). The Kier molecular flexibility index (Phi) is 4.17. The molecule has 1 rings (SSSR count). The molecule has 0 aromatic heterocycles. The van der Waals surface area contributed by atoms with E-state index in [4.69, 9.17) is 0 Å². The molecule has 0 bridgehead atoms. The lowest BCUT2D eigenvalue weighted by atomic mass is 10.1. The minimum Gasteiger partial charge on any atom is -0.319 e. The highest BCUT2D eigenvalue weighted by atomic mass is 19.1. The van der Waals surface area contributed by atoms with Gasteiger partial charge in [0.25, 0.3) is 5.91 Å². The van der Waals surface area contributed by atoms with Crippen molar-refractivity contribution < 1.29 is 14.0 Å². The Labute approximate surface area is 93.7 Å². The SMILES string of the molecule is CC(C)CC(=O)C(=O)Nc1cccc(F)c1. The zero-order chi connectivity index (χ0) is 12.1. The number of ketones is 1. The normalized spacial score (nSPS) is 10.2. The van der Waals surface area contributed by atoms with Gasteiger partial charge in [-0.15, -0.1) is 0 Å². The lowest BCUT2D eigenvalue weighted by molar-refractivity contribution is -0.135. The summed E-state index contributed by atoms with van der Waals surface area (Å²) >= 11 is 0. The van der Waals surface area contributed by atoms with Crippen molar-refractivity contribution in [3.63, 3.8) is 0 Å². The van der Waals surface area contributed by atoms with Crippen LogP contribution in [0.2, 0.25) is 0 Å². The molecule has 0 fully saturated rings. The maximum Gasteiger partial charge on any atom is 0.291 e. The van der Waals surface area contributed by atoms with Crippen LogP contribution in [0.25, 0.3) is 0 Å². The van der Waals surface area contributed by atoms with E-state index < -0.39 is 17.5 Å². The van der Waals surface area contributed by atoms with Crippen molar-refractivity contribution in [1.29, 1.82) is 0 Å². The van der Waals surface area contributed by atoms with Crippen molar-refractivity contribution in [2.75, 3.05) is 5.32 Å². The predicted molar refractivity (Wildman–Crippen MR) is 59.5 cm³/mol. The molecule has 86 valence electrons. The van der Waals surface area contributed by atoms with Gasteiger partial charge in [0.05, 0.1) is 0 Å². The summed E-state index contributed by atoms with van der Waals surface area (Å²) in [7, 11) is 0. The molecule has 1 amide bonds. The molecule has 1 N–H and O–H groups in total. The van der Waals surface area contributed by atoms with Crippen molar-refractivity contribution in [1.82, 2.24) is 0 Å². The fourth-order valence-electron chi connectivity index (χ4n) is 1.23. The van der Waals surface area contributed by atoms with E-state index in [-0.39, 0.29) is 12.3 Å². The topological polar surface area (TPSA) is 46.2 Å². The van der Waals surface area contributed by atoms with Crippen LogP contribution in [-0.4, -0.2) is 11.7 Å². The van der Waals surface area contributed by atoms with Crippen LogP contribution >= 0.6 is 0 Å². The molecule has 0 heterocycles. The molecule has 0 saturated carbocycles. The summed E-state index contributed by atoms with van der Waals surface area (Å²) in [5.74, 6) is -1.50. The molecule has 4 heteroatoms. The summed E-state index contributed by atoms with van der Waals surface area (Å²) in [6.07, 6.45) is 0.196. The lowest BCUT2D eigenvalue weighted by Gasteiger charge is -2.05. The van der Waals surface area contributed by atoms with E-state index in [9.17, 15) is 14.0 Å². The number of anilines is 1. The molecule has 0 saturated heterocycles. The molecule has 0 aliphatic rings. The molecule has 1 aromatic carbocycles. The summed E-state index contributed by atoms with van der Waals surface area (Å²) in [5.41, 5.74) is 0.294. The monoisotopic (exact) mass is 223 g/mol. The molecule has 0 radical (unpaired) electrons. The van der Waals surface area contributed by atoms with Crippen LogP contribution in [0.5, 0.6) is 0 Å². The maximum atomic E-state index is 12.8. The largest absolute Gasteiger partial charge is 0.319 e. The Hall–Kier alpha value is -1.71. The van der Waals surface area contributed by atoms with Gasteiger partial charge in [-0.2, -0.15) is 0 Å². The van der Waals surface area contributed by atoms with Crippen molar-refractivity contribution in [2.45, 2.75) is 20.3 Å². The first-order valence-corrected chi connectivity index (χ1v) is 5.09. The summed E-state index contributed by atoms with van der Waals surface area (Å²) in [5, 5.41) is 2.36. The van der Waals surface area contributed by atoms with Crippen LogP contribution in [0.4, 0.5) is 10.1 Å². The molecule has 1 aromatic rings. The van der Waals surface area contributed by atoms with E-state index in [1.165, 1.54) is 24.3 Å². The maximum absolute atomic E-state index is 12.8. The zero-order valence-electron chi connectivity index (χ0n) is 9.29. The van der Waals surface area contributed by atoms with E-state index in [1.807, 2.05) is 13.8 Å². The Balaban J connectivity index is 2.61. The number of rotatable bonds is 4. The minimum atomic E-state index is -0.695. The second kappa shape index (κ2) is 5.39. The van der Waals surface area contributed by atoms with Gasteiger partial charge in [-0.3, -0.25) is 9.59 Å². The van der Waals surface area contributed by atoms with Gasteiger partial charge >= 0.3 is 0 Å². The quantitative estimate of drug-likeness (QED) is 0.796. The molecule has 0 atom stereocenters. The number of carbonyl (C=O) groups excluding carboxylic acids is 2. The van der Waals surface area contributed by atoms with Gasteiger partial charge in [-0.25, -0.2) is 4.39 Å². The van der Waals surface area contributed by atoms with Crippen LogP contribution in [0.3, 0.4) is 0 Å². The third kappa shape index (κ3) is 3.81. The van der Waals surface area contributed by atoms with Gasteiger partial charge in [-0.05, 0) is 24.1 Å². The van der Waals surface area contributed by atoms with E-state index >= 15 is 0 Å². The van der Waals surface area contributed by atoms with Crippen LogP contribution in [0, 0.1) is 11.7 Å². The Morgan fingerprint density at radius 1 is 1.38 bits per heavy atom. The first-order valence-electron chi connectivity index (χ1n) is 5.09. The number of nitrogens with one attached hydrogen (secondary N) is 1. The molecule has 0 aliphatic heterocycles. The average molecular weight is 223 g/mol. The van der Waals surface area contributed by atoms with Gasteiger partial charge in [0.15, 0.2) is 0 Å². The zero-order valence-corrected chi connectivity index (χ0v) is 9.29. The van der Waals surface area contributed by atoms with Crippen molar-refractivity contribution in [3.8, 4) is 0 Å². The van der Waals surface area contributed by atoms with Crippen LogP contribution in [-0.2, 0) is 9.59 Å². The highest BCUT2D eigenvalue weighted by Crippen LogP contribution is 2.09. The molecule has 0 spiro atoms. The highest BCUT2D eigenvalue weighted by molar-refractivity contribution is 6.40. The number of benzene rings is 1. The molecule has 3 nitrogen and oxygen atoms in total. The van der Waals surface area contributed by atoms with Crippen molar-refractivity contribution >= 4 is 17.4 Å². The van der Waals surface area contributed by atoms with E-state index in [0.29, 0.717) is 5.69 Å². The number of hydrogen-bond donors (Lipinski definition) is 1. The fraction of sp³-hybridized carbons (Fsp3) is 0.333. The number of halogens is 1. The second-order valence-corrected chi connectivity index (χ2v) is 3.99. The molecule has 16 heavy (non-hydrogen) atoms. The molecular weight excluding hydrogens is 209 g/mol. The first kappa shape index (κ1) is 12.4. The molecule has 0 unspecified atom stereocenters. The second-order valence-electron chi connectivity index (χ2n) is 3.99. The van der Waals surface area contributed by atoms with E-state index in [2.05, 4.69) is 5.32 Å². The van der Waals surface area contributed by atoms with Gasteiger partial charge in [0.2, 0.25) is 5.78 Å². The minimum absolute atomic E-state index is 0.130. The number of Topliss-reactive ketones (excluding diaryl/α,β-unsaturated/α-hetero) is 1. The van der Waals surface area contributed by atoms with E-state index in [1.54, 1.807) is 0 Å². The van der Waals surface area contributed by atoms with Crippen LogP contribution in [0.1, 0.15) is 20.3 Å². The number of amides is 1. The summed E-state index contributed by atoms with van der Waals surface area (Å²) in [6.45, 7) is 3.71. The van der Waals surface area contributed by atoms with Gasteiger partial charge in [-0.1, -0.05) is 19.9 Å². The van der Waals surface area contributed by atoms with Crippen LogP contribution in [0.15, 0.2) is 24.3 Å². The van der Waals surface area contributed by atoms with E-state index in [0.717, 1.165) is 0 Å². The highest BCUT2D eigenvalue weighted by Gasteiger charge is 2.15. The summed E-state index contributed by atoms with van der Waals surface area (Å²) in [4.78, 5) is 22.7. The number of hydrogen-bond acceptors (Lipinski definition) is 2. The lowest BCUT2D eigenvalue weighted by Crippen LogP contribution is -2.23. The Morgan fingerprint density at radius 2 is 2.06 bits per heavy atom. The van der Waals surface area contributed by atoms with Gasteiger partial charge < -0.3 is 5.32 Å². The average Bonchev–Trinajstić information content (AvgIpc) is 2.16. The Bertz CT molecular complexity index is 402. The number of carbonyl (C=O) groups is 2. The molecule has 0 aliphatic carbocycles. The molecular formula is C12H14FNO2. The summed E-state index contributed by atoms with van der Waals surface area (Å²) in [6, 6.07) is 5.44. The van der Waals surface area contributed by atoms with Crippen molar-refractivity contribution in [2.24, 2.45) is 5.92 Å². The van der Waals surface area contributed by atoms with Gasteiger partial charge in [0, 0.05) is 12.1 Å². The van der Waals surface area contributed by atoms with Crippen molar-refractivity contribution in [3.05, 3.63) is 30.1 Å². The Morgan fingerprint density at radius 3 is 2.62 bits per heavy atom. The third-order valence-electron chi connectivity index (χ3n) is 1.93. The van der Waals surface area contributed by atoms with Crippen LogP contribution < -0.4 is 5.32 Å². The smallest absolute Gasteiger partial charge is 0.291 e. The fourth-order valence-corrected chi connectivity index (χ4v) is 1.23. The predicted octanol–water partition coefficient (Wildman–Crippen LogP) is 2.38. The first-order chi connectivity index (χ1) is 7.49. The third-order valence-corrected chi connectivity index (χ3v) is 1.93. The summed E-state index contributed by atoms with van der Waals surface area (Å²) < 4.78 is 12.8. The van der Waals surface area contributed by atoms with Gasteiger partial charge in [0.1, 0.15) is 5.82 Å².